The molecule has 2 N–H and O–H groups in total. The highest BCUT2D eigenvalue weighted by Crippen LogP contribution is 2.22. The molecule has 0 bridgehead atoms. The van der Waals surface area contributed by atoms with Crippen molar-refractivity contribution in [3.05, 3.63) is 94.3 Å². The van der Waals surface area contributed by atoms with Crippen LogP contribution in [0.15, 0.2) is 73.1 Å². The summed E-state index contributed by atoms with van der Waals surface area (Å²) >= 11 is 5.62. The number of thiocarbonyl (C=S) groups is 1. The molecule has 2 aromatic carbocycles. The SMILES string of the molecule is CCOc1ccc(NC(=S)/C(=C(\O)c2ccc([N+](=O)[O-])cc2)[n+]2cccc(C)c2)cc1. The van der Waals surface area contributed by atoms with E-state index in [4.69, 9.17) is 17.0 Å². The van der Waals surface area contributed by atoms with Crippen molar-refractivity contribution in [1.29, 1.82) is 0 Å². The van der Waals surface area contributed by atoms with Gasteiger partial charge in [-0.3, -0.25) is 10.1 Å². The van der Waals surface area contributed by atoms with Crippen molar-refractivity contribution in [1.82, 2.24) is 0 Å². The number of nitrogens with one attached hydrogen (secondary N) is 1. The molecule has 0 saturated heterocycles. The molecule has 0 aliphatic heterocycles. The Morgan fingerprint density at radius 1 is 1.16 bits per heavy atom. The fourth-order valence-corrected chi connectivity index (χ4v) is 3.27. The van der Waals surface area contributed by atoms with Gasteiger partial charge in [0, 0.05) is 35.0 Å². The van der Waals surface area contributed by atoms with Crippen LogP contribution >= 0.6 is 12.2 Å². The molecule has 0 radical (unpaired) electrons. The van der Waals surface area contributed by atoms with Gasteiger partial charge in [0.2, 0.25) is 0 Å². The first-order valence-corrected chi connectivity index (χ1v) is 10.0. The van der Waals surface area contributed by atoms with Gasteiger partial charge in [0.05, 0.1) is 11.5 Å². The molecule has 7 nitrogen and oxygen atoms in total. The highest BCUT2D eigenvalue weighted by molar-refractivity contribution is 7.81. The third-order valence-corrected chi connectivity index (χ3v) is 4.72. The first-order valence-electron chi connectivity index (χ1n) is 9.59. The summed E-state index contributed by atoms with van der Waals surface area (Å²) in [6, 6.07) is 16.8. The minimum Gasteiger partial charge on any atom is -0.502 e. The average molecular weight is 437 g/mol. The normalized spacial score (nSPS) is 11.4. The van der Waals surface area contributed by atoms with Gasteiger partial charge in [-0.25, -0.2) is 0 Å². The third kappa shape index (κ3) is 5.43. The summed E-state index contributed by atoms with van der Waals surface area (Å²) in [5.41, 5.74) is 2.40. The Hall–Kier alpha value is -3.78. The van der Waals surface area contributed by atoms with Gasteiger partial charge in [-0.2, -0.15) is 4.57 Å². The van der Waals surface area contributed by atoms with Gasteiger partial charge in [-0.05, 0) is 56.3 Å². The molecule has 3 rings (SSSR count). The van der Waals surface area contributed by atoms with Gasteiger partial charge in [-0.1, -0.05) is 12.2 Å². The highest BCUT2D eigenvalue weighted by Gasteiger charge is 2.24. The number of nitro benzene ring substituents is 1. The highest BCUT2D eigenvalue weighted by atomic mass is 32.1. The second-order valence-electron chi connectivity index (χ2n) is 6.70. The Bertz CT molecular complexity index is 1130. The lowest BCUT2D eigenvalue weighted by atomic mass is 10.1. The molecule has 0 saturated carbocycles. The number of hydrogen-bond acceptors (Lipinski definition) is 5. The van der Waals surface area contributed by atoms with Gasteiger partial charge in [-0.15, -0.1) is 0 Å². The summed E-state index contributed by atoms with van der Waals surface area (Å²) in [6.07, 6.45) is 3.61. The number of rotatable bonds is 7. The van der Waals surface area contributed by atoms with Crippen LogP contribution in [0.4, 0.5) is 11.4 Å². The Labute approximate surface area is 185 Å². The van der Waals surface area contributed by atoms with Gasteiger partial charge < -0.3 is 15.2 Å². The number of ether oxygens (including phenoxy) is 1. The van der Waals surface area contributed by atoms with E-state index >= 15 is 0 Å². The first kappa shape index (κ1) is 21.9. The zero-order chi connectivity index (χ0) is 22.4. The van der Waals surface area contributed by atoms with Crippen LogP contribution in [0.3, 0.4) is 0 Å². The van der Waals surface area contributed by atoms with Crippen LogP contribution in [-0.2, 0) is 0 Å². The molecular weight excluding hydrogens is 414 g/mol. The fourth-order valence-electron chi connectivity index (χ4n) is 2.95. The maximum absolute atomic E-state index is 11.1. The smallest absolute Gasteiger partial charge is 0.288 e. The number of non-ortho nitro benzene ring substituents is 1. The molecule has 0 amide bonds. The van der Waals surface area contributed by atoms with Crippen molar-refractivity contribution in [3.63, 3.8) is 0 Å². The molecule has 3 aromatic rings. The number of anilines is 1. The molecule has 0 spiro atoms. The lowest BCUT2D eigenvalue weighted by Gasteiger charge is -2.11. The number of hydrogen-bond donors (Lipinski definition) is 2. The Morgan fingerprint density at radius 3 is 2.42 bits per heavy atom. The summed E-state index contributed by atoms with van der Waals surface area (Å²) in [5, 5.41) is 25.1. The molecular formula is C23H22N3O4S+. The summed E-state index contributed by atoms with van der Waals surface area (Å²) < 4.78 is 7.17. The van der Waals surface area contributed by atoms with Gasteiger partial charge >= 0.3 is 0 Å². The van der Waals surface area contributed by atoms with Crippen LogP contribution < -0.4 is 14.6 Å². The largest absolute Gasteiger partial charge is 0.502 e. The lowest BCUT2D eigenvalue weighted by molar-refractivity contribution is -0.576. The van der Waals surface area contributed by atoms with Gasteiger partial charge in [0.15, 0.2) is 23.1 Å². The van der Waals surface area contributed by atoms with E-state index < -0.39 is 4.92 Å². The molecule has 31 heavy (non-hydrogen) atoms. The second-order valence-corrected chi connectivity index (χ2v) is 7.11. The number of aliphatic hydroxyl groups excluding tert-OH is 1. The molecule has 158 valence electrons. The molecule has 0 aliphatic carbocycles. The Morgan fingerprint density at radius 2 is 1.84 bits per heavy atom. The summed E-state index contributed by atoms with van der Waals surface area (Å²) in [7, 11) is 0. The standard InChI is InChI=1S/C23H21N3O4S/c1-3-30-20-12-8-18(9-13-20)24-23(31)21(25-14-4-5-16(2)15-25)22(27)17-6-10-19(11-7-17)26(28)29/h4-15H,3H2,1-2H3,(H-,24,27,31)/p+1. The molecule has 0 unspecified atom stereocenters. The quantitative estimate of drug-likeness (QED) is 0.137. The van der Waals surface area contributed by atoms with E-state index in [2.05, 4.69) is 5.32 Å². The predicted molar refractivity (Wildman–Crippen MR) is 124 cm³/mol. The van der Waals surface area contributed by atoms with Crippen molar-refractivity contribution in [2.75, 3.05) is 11.9 Å². The summed E-state index contributed by atoms with van der Waals surface area (Å²) in [6.45, 7) is 4.42. The first-order chi connectivity index (χ1) is 14.9. The molecule has 0 fully saturated rings. The average Bonchev–Trinajstić information content (AvgIpc) is 2.75. The Kier molecular flexibility index (Phi) is 6.94. The van der Waals surface area contributed by atoms with E-state index in [0.717, 1.165) is 17.0 Å². The number of benzene rings is 2. The fraction of sp³-hybridized carbons (Fsp3) is 0.130. The summed E-state index contributed by atoms with van der Waals surface area (Å²) in [4.78, 5) is 10.7. The van der Waals surface area contributed by atoms with Crippen molar-refractivity contribution >= 4 is 40.0 Å². The summed E-state index contributed by atoms with van der Waals surface area (Å²) in [5.74, 6) is 0.644. The van der Waals surface area contributed by atoms with Crippen molar-refractivity contribution in [2.45, 2.75) is 13.8 Å². The molecule has 0 aliphatic rings. The minimum absolute atomic E-state index is 0.0589. The molecule has 1 heterocycles. The molecule has 8 heteroatoms. The topological polar surface area (TPSA) is 88.5 Å². The third-order valence-electron chi connectivity index (χ3n) is 4.42. The van der Waals surface area contributed by atoms with E-state index in [-0.39, 0.29) is 16.4 Å². The molecule has 1 aromatic heterocycles. The lowest BCUT2D eigenvalue weighted by Crippen LogP contribution is -2.38. The van der Waals surface area contributed by atoms with Crippen LogP contribution in [0, 0.1) is 17.0 Å². The number of nitrogens with zero attached hydrogens (tertiary/aromatic N) is 2. The van der Waals surface area contributed by atoms with E-state index in [1.165, 1.54) is 24.3 Å². The van der Waals surface area contributed by atoms with Crippen molar-refractivity contribution in [2.24, 2.45) is 0 Å². The van der Waals surface area contributed by atoms with Crippen LogP contribution in [0.5, 0.6) is 5.75 Å². The monoisotopic (exact) mass is 436 g/mol. The zero-order valence-electron chi connectivity index (χ0n) is 17.1. The van der Waals surface area contributed by atoms with Gasteiger partial charge in [0.25, 0.3) is 11.4 Å². The molecule has 0 atom stereocenters. The maximum atomic E-state index is 11.1. The van der Waals surface area contributed by atoms with E-state index in [1.54, 1.807) is 10.8 Å². The van der Waals surface area contributed by atoms with Crippen LogP contribution in [0.25, 0.3) is 11.5 Å². The minimum atomic E-state index is -0.487. The number of aromatic nitrogens is 1. The van der Waals surface area contributed by atoms with Crippen molar-refractivity contribution in [3.8, 4) is 5.75 Å². The number of nitro groups is 1. The second kappa shape index (κ2) is 9.82. The maximum Gasteiger partial charge on any atom is 0.288 e. The van der Waals surface area contributed by atoms with Crippen LogP contribution in [0.1, 0.15) is 18.1 Å². The van der Waals surface area contributed by atoms with Crippen LogP contribution in [-0.4, -0.2) is 21.6 Å². The Balaban J connectivity index is 2.00. The number of aryl methyl sites for hydroxylation is 1. The number of aliphatic hydroxyl groups is 1. The number of pyridine rings is 1. The zero-order valence-corrected chi connectivity index (χ0v) is 17.9. The predicted octanol–water partition coefficient (Wildman–Crippen LogP) is 4.91. The van der Waals surface area contributed by atoms with E-state index in [9.17, 15) is 15.2 Å². The van der Waals surface area contributed by atoms with E-state index in [0.29, 0.717) is 17.9 Å². The van der Waals surface area contributed by atoms with Crippen molar-refractivity contribution < 1.29 is 19.3 Å². The van der Waals surface area contributed by atoms with Gasteiger partial charge in [0.1, 0.15) is 5.75 Å². The van der Waals surface area contributed by atoms with E-state index in [1.807, 2.05) is 56.4 Å². The van der Waals surface area contributed by atoms with Crippen LogP contribution in [0.2, 0.25) is 0 Å².